The Labute approximate surface area is 115 Å². The van der Waals surface area contributed by atoms with Gasteiger partial charge in [0.1, 0.15) is 6.26 Å². The van der Waals surface area contributed by atoms with Crippen LogP contribution in [0.3, 0.4) is 0 Å². The van der Waals surface area contributed by atoms with Crippen molar-refractivity contribution < 1.29 is 18.3 Å². The summed E-state index contributed by atoms with van der Waals surface area (Å²) in [4.78, 5) is 15.6. The van der Waals surface area contributed by atoms with Gasteiger partial charge in [-0.05, 0) is 12.1 Å². The summed E-state index contributed by atoms with van der Waals surface area (Å²) in [5.41, 5.74) is 0.776. The molecule has 0 unspecified atom stereocenters. The Bertz CT molecular complexity index is 583. The van der Waals surface area contributed by atoms with Crippen LogP contribution in [0, 0.1) is 12.7 Å². The number of para-hydroxylation sites is 1. The molecule has 0 aliphatic carbocycles. The number of hydrogen-bond acceptors (Lipinski definition) is 4. The Morgan fingerprint density at radius 1 is 1.45 bits per heavy atom. The summed E-state index contributed by atoms with van der Waals surface area (Å²) in [6.45, 7) is 1.95. The third-order valence-corrected chi connectivity index (χ3v) is 2.57. The molecule has 0 saturated heterocycles. The van der Waals surface area contributed by atoms with Gasteiger partial charge in [0, 0.05) is 19.9 Å². The number of amides is 1. The first-order valence-corrected chi connectivity index (χ1v) is 6.20. The summed E-state index contributed by atoms with van der Waals surface area (Å²) in [5, 5.41) is 2.66. The van der Waals surface area contributed by atoms with E-state index in [0.29, 0.717) is 18.9 Å². The van der Waals surface area contributed by atoms with Crippen LogP contribution in [0.2, 0.25) is 0 Å². The first-order chi connectivity index (χ1) is 9.65. The van der Waals surface area contributed by atoms with Gasteiger partial charge in [-0.3, -0.25) is 4.79 Å². The number of ether oxygens (including phenoxy) is 1. The maximum Gasteiger partial charge on any atom is 0.257 e. The molecule has 0 aliphatic heterocycles. The average molecular weight is 278 g/mol. The van der Waals surface area contributed by atoms with Crippen LogP contribution in [0.4, 0.5) is 4.39 Å². The van der Waals surface area contributed by atoms with Crippen LogP contribution in [0.15, 0.2) is 34.9 Å². The second-order valence-electron chi connectivity index (χ2n) is 4.18. The summed E-state index contributed by atoms with van der Waals surface area (Å²) in [6.07, 6.45) is 2.13. The van der Waals surface area contributed by atoms with Crippen molar-refractivity contribution in [1.82, 2.24) is 10.3 Å². The maximum absolute atomic E-state index is 13.2. The van der Waals surface area contributed by atoms with Crippen molar-refractivity contribution in [3.05, 3.63) is 47.9 Å². The van der Waals surface area contributed by atoms with Crippen molar-refractivity contribution in [3.63, 3.8) is 0 Å². The van der Waals surface area contributed by atoms with E-state index in [-0.39, 0.29) is 18.3 Å². The van der Waals surface area contributed by atoms with Crippen LogP contribution in [0.1, 0.15) is 11.6 Å². The first kappa shape index (κ1) is 14.0. The van der Waals surface area contributed by atoms with Crippen molar-refractivity contribution in [2.24, 2.45) is 0 Å². The number of aromatic nitrogens is 1. The molecular formula is C14H15FN2O3. The Hall–Kier alpha value is -2.37. The van der Waals surface area contributed by atoms with Gasteiger partial charge >= 0.3 is 0 Å². The quantitative estimate of drug-likeness (QED) is 0.876. The predicted octanol–water partition coefficient (Wildman–Crippen LogP) is 1.86. The molecule has 0 fully saturated rings. The maximum atomic E-state index is 13.2. The molecule has 5 nitrogen and oxygen atoms in total. The van der Waals surface area contributed by atoms with Crippen LogP contribution in [0.25, 0.3) is 0 Å². The average Bonchev–Trinajstić information content (AvgIpc) is 2.83. The standard InChI is InChI=1S/C14H15FN2O3/c1-10-17-11(8-19-10)6-7-16-14(18)9-20-13-5-3-2-4-12(13)15/h2-5,8H,6-7,9H2,1H3,(H,16,18). The molecule has 2 aromatic rings. The number of halogens is 1. The third kappa shape index (κ3) is 4.08. The summed E-state index contributed by atoms with van der Waals surface area (Å²) in [5.74, 6) is -0.143. The van der Waals surface area contributed by atoms with E-state index >= 15 is 0 Å². The number of nitrogens with one attached hydrogen (secondary N) is 1. The van der Waals surface area contributed by atoms with Gasteiger partial charge in [-0.25, -0.2) is 9.37 Å². The highest BCUT2D eigenvalue weighted by Crippen LogP contribution is 2.14. The van der Waals surface area contributed by atoms with Crippen LogP contribution in [-0.4, -0.2) is 24.0 Å². The molecule has 1 N–H and O–H groups in total. The summed E-state index contributed by atoms with van der Waals surface area (Å²) < 4.78 is 23.4. The van der Waals surface area contributed by atoms with Crippen molar-refractivity contribution in [1.29, 1.82) is 0 Å². The highest BCUT2D eigenvalue weighted by molar-refractivity contribution is 5.77. The zero-order valence-corrected chi connectivity index (χ0v) is 11.1. The van der Waals surface area contributed by atoms with Gasteiger partial charge in [0.15, 0.2) is 24.1 Å². The van der Waals surface area contributed by atoms with Gasteiger partial charge in [0.05, 0.1) is 5.69 Å². The molecule has 0 atom stereocenters. The molecule has 1 aromatic heterocycles. The van der Waals surface area contributed by atoms with Crippen molar-refractivity contribution >= 4 is 5.91 Å². The van der Waals surface area contributed by atoms with Crippen molar-refractivity contribution in [3.8, 4) is 5.75 Å². The van der Waals surface area contributed by atoms with Crippen LogP contribution < -0.4 is 10.1 Å². The van der Waals surface area contributed by atoms with Gasteiger partial charge in [-0.1, -0.05) is 12.1 Å². The SMILES string of the molecule is Cc1nc(CCNC(=O)COc2ccccc2F)co1. The molecular weight excluding hydrogens is 263 g/mol. The third-order valence-electron chi connectivity index (χ3n) is 2.57. The first-order valence-electron chi connectivity index (χ1n) is 6.20. The minimum absolute atomic E-state index is 0.0646. The number of rotatable bonds is 6. The fraction of sp³-hybridized carbons (Fsp3) is 0.286. The van der Waals surface area contributed by atoms with E-state index in [0.717, 1.165) is 5.69 Å². The van der Waals surface area contributed by atoms with E-state index in [4.69, 9.17) is 9.15 Å². The van der Waals surface area contributed by atoms with Gasteiger partial charge in [-0.2, -0.15) is 0 Å². The van der Waals surface area contributed by atoms with Gasteiger partial charge in [0.2, 0.25) is 0 Å². The minimum Gasteiger partial charge on any atom is -0.481 e. The lowest BCUT2D eigenvalue weighted by atomic mass is 10.3. The number of aryl methyl sites for hydroxylation is 1. The molecule has 2 rings (SSSR count). The number of benzene rings is 1. The molecule has 0 bridgehead atoms. The molecule has 0 aliphatic rings. The molecule has 1 heterocycles. The van der Waals surface area contributed by atoms with Crippen molar-refractivity contribution in [2.45, 2.75) is 13.3 Å². The zero-order chi connectivity index (χ0) is 14.4. The van der Waals surface area contributed by atoms with Crippen LogP contribution >= 0.6 is 0 Å². The van der Waals surface area contributed by atoms with Gasteiger partial charge in [-0.15, -0.1) is 0 Å². The molecule has 20 heavy (non-hydrogen) atoms. The second-order valence-corrected chi connectivity index (χ2v) is 4.18. The lowest BCUT2D eigenvalue weighted by molar-refractivity contribution is -0.123. The number of nitrogens with zero attached hydrogens (tertiary/aromatic N) is 1. The topological polar surface area (TPSA) is 64.4 Å². The second kappa shape index (κ2) is 6.70. The van der Waals surface area contributed by atoms with Crippen molar-refractivity contribution in [2.75, 3.05) is 13.2 Å². The number of oxazole rings is 1. The van der Waals surface area contributed by atoms with Gasteiger partial charge in [0.25, 0.3) is 5.91 Å². The van der Waals surface area contributed by atoms with Gasteiger partial charge < -0.3 is 14.5 Å². The number of carbonyl (C=O) groups is 1. The monoisotopic (exact) mass is 278 g/mol. The van der Waals surface area contributed by atoms with Crippen LogP contribution in [0.5, 0.6) is 5.75 Å². The predicted molar refractivity (Wildman–Crippen MR) is 69.8 cm³/mol. The fourth-order valence-electron chi connectivity index (χ4n) is 1.61. The van der Waals surface area contributed by atoms with E-state index < -0.39 is 5.82 Å². The minimum atomic E-state index is -0.488. The highest BCUT2D eigenvalue weighted by Gasteiger charge is 2.06. The largest absolute Gasteiger partial charge is 0.481 e. The molecule has 0 spiro atoms. The summed E-state index contributed by atoms with van der Waals surface area (Å²) in [7, 11) is 0. The smallest absolute Gasteiger partial charge is 0.257 e. The van der Waals surface area contributed by atoms with E-state index in [9.17, 15) is 9.18 Å². The summed E-state index contributed by atoms with van der Waals surface area (Å²) >= 11 is 0. The highest BCUT2D eigenvalue weighted by atomic mass is 19.1. The van der Waals surface area contributed by atoms with E-state index in [1.165, 1.54) is 12.1 Å². The number of hydrogen-bond donors (Lipinski definition) is 1. The fourth-order valence-corrected chi connectivity index (χ4v) is 1.61. The molecule has 0 radical (unpaired) electrons. The molecule has 0 saturated carbocycles. The Kier molecular flexibility index (Phi) is 4.70. The molecule has 1 amide bonds. The molecule has 6 heteroatoms. The lowest BCUT2D eigenvalue weighted by Gasteiger charge is -2.07. The number of carbonyl (C=O) groups excluding carboxylic acids is 1. The zero-order valence-electron chi connectivity index (χ0n) is 11.1. The molecule has 1 aromatic carbocycles. The summed E-state index contributed by atoms with van der Waals surface area (Å²) in [6, 6.07) is 5.95. The lowest BCUT2D eigenvalue weighted by Crippen LogP contribution is -2.30. The van der Waals surface area contributed by atoms with E-state index in [1.807, 2.05) is 0 Å². The normalized spacial score (nSPS) is 10.3. The van der Waals surface area contributed by atoms with Crippen LogP contribution in [-0.2, 0) is 11.2 Å². The molecule has 106 valence electrons. The Morgan fingerprint density at radius 3 is 2.95 bits per heavy atom. The van der Waals surface area contributed by atoms with E-state index in [1.54, 1.807) is 25.3 Å². The Morgan fingerprint density at radius 2 is 2.25 bits per heavy atom. The van der Waals surface area contributed by atoms with E-state index in [2.05, 4.69) is 10.3 Å². The Balaban J connectivity index is 1.69.